The normalized spacial score (nSPS) is 32.9. The zero-order chi connectivity index (χ0) is 11.8. The molecule has 16 heavy (non-hydrogen) atoms. The average molecular weight is 246 g/mol. The Labute approximate surface area is 98.7 Å². The van der Waals surface area contributed by atoms with Gasteiger partial charge in [0.05, 0.1) is 5.75 Å². The van der Waals surface area contributed by atoms with E-state index in [9.17, 15) is 8.42 Å². The molecule has 0 aliphatic carbocycles. The van der Waals surface area contributed by atoms with E-state index in [1.54, 1.807) is 11.2 Å². The summed E-state index contributed by atoms with van der Waals surface area (Å²) in [6.07, 6.45) is 3.30. The minimum absolute atomic E-state index is 0.194. The Morgan fingerprint density at radius 3 is 2.62 bits per heavy atom. The predicted molar refractivity (Wildman–Crippen MR) is 64.8 cm³/mol. The zero-order valence-electron chi connectivity index (χ0n) is 10.2. The van der Waals surface area contributed by atoms with Crippen molar-refractivity contribution in [2.45, 2.75) is 45.2 Å². The van der Waals surface area contributed by atoms with Crippen molar-refractivity contribution in [3.63, 3.8) is 0 Å². The lowest BCUT2D eigenvalue weighted by Gasteiger charge is -2.42. The van der Waals surface area contributed by atoms with Gasteiger partial charge in [0, 0.05) is 25.2 Å². The van der Waals surface area contributed by atoms with Gasteiger partial charge in [-0.2, -0.15) is 4.31 Å². The van der Waals surface area contributed by atoms with Crippen LogP contribution in [0, 0.1) is 0 Å². The summed E-state index contributed by atoms with van der Waals surface area (Å²) in [5.74, 6) is 0.232. The van der Waals surface area contributed by atoms with Gasteiger partial charge in [-0.1, -0.05) is 6.92 Å². The molecule has 94 valence electrons. The smallest absolute Gasteiger partial charge is 0.214 e. The molecule has 0 aromatic heterocycles. The van der Waals surface area contributed by atoms with E-state index in [1.807, 2.05) is 0 Å². The molecule has 2 unspecified atom stereocenters. The van der Waals surface area contributed by atoms with E-state index < -0.39 is 10.0 Å². The van der Waals surface area contributed by atoms with Crippen LogP contribution in [0.5, 0.6) is 0 Å². The van der Waals surface area contributed by atoms with Crippen molar-refractivity contribution in [1.29, 1.82) is 0 Å². The number of piperazine rings is 1. The molecule has 0 spiro atoms. The van der Waals surface area contributed by atoms with E-state index in [0.29, 0.717) is 12.6 Å². The van der Waals surface area contributed by atoms with E-state index in [0.717, 1.165) is 25.9 Å². The third-order valence-electron chi connectivity index (χ3n) is 3.94. The number of nitrogens with zero attached hydrogens (tertiary/aromatic N) is 2. The predicted octanol–water partition coefficient (Wildman–Crippen LogP) is 0.895. The van der Waals surface area contributed by atoms with Crippen LogP contribution in [0.2, 0.25) is 0 Å². The van der Waals surface area contributed by atoms with Crippen molar-refractivity contribution in [3.05, 3.63) is 0 Å². The van der Waals surface area contributed by atoms with Crippen molar-refractivity contribution in [2.24, 2.45) is 0 Å². The number of hydrogen-bond donors (Lipinski definition) is 0. The monoisotopic (exact) mass is 246 g/mol. The van der Waals surface area contributed by atoms with Gasteiger partial charge in [0.1, 0.15) is 0 Å². The second kappa shape index (κ2) is 4.63. The highest BCUT2D eigenvalue weighted by Crippen LogP contribution is 2.27. The van der Waals surface area contributed by atoms with Crippen LogP contribution in [-0.2, 0) is 10.0 Å². The molecule has 2 fully saturated rings. The summed E-state index contributed by atoms with van der Waals surface area (Å²) in [5.41, 5.74) is 0. The summed E-state index contributed by atoms with van der Waals surface area (Å²) in [7, 11) is -3.01. The van der Waals surface area contributed by atoms with Gasteiger partial charge in [0.2, 0.25) is 10.0 Å². The van der Waals surface area contributed by atoms with E-state index in [4.69, 9.17) is 0 Å². The standard InChI is InChI=1S/C11H22N2O2S/c1-3-10-8-12-7-5-6-11(12)9-13(10)16(14,15)4-2/h10-11H,3-9H2,1-2H3. The quantitative estimate of drug-likeness (QED) is 0.743. The first-order chi connectivity index (χ1) is 7.58. The van der Waals surface area contributed by atoms with Gasteiger partial charge in [-0.05, 0) is 32.7 Å². The summed E-state index contributed by atoms with van der Waals surface area (Å²) in [4.78, 5) is 2.47. The molecule has 2 saturated heterocycles. The third-order valence-corrected chi connectivity index (χ3v) is 5.83. The van der Waals surface area contributed by atoms with Crippen molar-refractivity contribution >= 4 is 10.0 Å². The summed E-state index contributed by atoms with van der Waals surface area (Å²) >= 11 is 0. The third kappa shape index (κ3) is 2.13. The highest BCUT2D eigenvalue weighted by molar-refractivity contribution is 7.89. The second-order valence-corrected chi connectivity index (χ2v) is 7.03. The topological polar surface area (TPSA) is 40.6 Å². The van der Waals surface area contributed by atoms with Gasteiger partial charge in [0.15, 0.2) is 0 Å². The molecule has 2 aliphatic rings. The summed E-state index contributed by atoms with van der Waals surface area (Å²) in [6.45, 7) is 6.62. The molecule has 4 nitrogen and oxygen atoms in total. The van der Waals surface area contributed by atoms with Crippen molar-refractivity contribution in [3.8, 4) is 0 Å². The maximum absolute atomic E-state index is 12.0. The Kier molecular flexibility index (Phi) is 3.56. The number of hydrogen-bond acceptors (Lipinski definition) is 3. The highest BCUT2D eigenvalue weighted by atomic mass is 32.2. The summed E-state index contributed by atoms with van der Waals surface area (Å²) < 4.78 is 25.8. The Hall–Kier alpha value is -0.130. The molecular weight excluding hydrogens is 224 g/mol. The van der Waals surface area contributed by atoms with Crippen LogP contribution in [0.1, 0.15) is 33.1 Å². The molecule has 0 radical (unpaired) electrons. The minimum Gasteiger partial charge on any atom is -0.297 e. The molecule has 2 rings (SSSR count). The molecule has 5 heteroatoms. The lowest BCUT2D eigenvalue weighted by molar-refractivity contribution is 0.107. The highest BCUT2D eigenvalue weighted by Gasteiger charge is 2.39. The van der Waals surface area contributed by atoms with Gasteiger partial charge < -0.3 is 0 Å². The van der Waals surface area contributed by atoms with Crippen molar-refractivity contribution < 1.29 is 8.42 Å². The van der Waals surface area contributed by atoms with Crippen molar-refractivity contribution in [1.82, 2.24) is 9.21 Å². The van der Waals surface area contributed by atoms with Crippen molar-refractivity contribution in [2.75, 3.05) is 25.4 Å². The number of fused-ring (bicyclic) bond motifs is 1. The first-order valence-electron chi connectivity index (χ1n) is 6.32. The Morgan fingerprint density at radius 2 is 2.00 bits per heavy atom. The molecular formula is C11H22N2O2S. The van der Waals surface area contributed by atoms with Crippen LogP contribution in [0.15, 0.2) is 0 Å². The zero-order valence-corrected chi connectivity index (χ0v) is 11.0. The lowest BCUT2D eigenvalue weighted by atomic mass is 10.1. The fourth-order valence-electron chi connectivity index (χ4n) is 2.90. The Balaban J connectivity index is 2.17. The van der Waals surface area contributed by atoms with E-state index >= 15 is 0 Å². The van der Waals surface area contributed by atoms with Gasteiger partial charge in [-0.15, -0.1) is 0 Å². The van der Waals surface area contributed by atoms with Gasteiger partial charge in [-0.25, -0.2) is 8.42 Å². The molecule has 2 atom stereocenters. The van der Waals surface area contributed by atoms with Crippen LogP contribution >= 0.6 is 0 Å². The van der Waals surface area contributed by atoms with Gasteiger partial charge >= 0.3 is 0 Å². The molecule has 2 heterocycles. The van der Waals surface area contributed by atoms with Gasteiger partial charge in [-0.3, -0.25) is 4.90 Å². The van der Waals surface area contributed by atoms with E-state index in [2.05, 4.69) is 11.8 Å². The molecule has 0 bridgehead atoms. The van der Waals surface area contributed by atoms with Crippen LogP contribution in [0.3, 0.4) is 0 Å². The SMILES string of the molecule is CCC1CN2CCCC2CN1S(=O)(=O)CC. The van der Waals surface area contributed by atoms with E-state index in [1.165, 1.54) is 6.42 Å². The molecule has 0 aromatic carbocycles. The fourth-order valence-corrected chi connectivity index (χ4v) is 4.30. The maximum Gasteiger partial charge on any atom is 0.214 e. The van der Waals surface area contributed by atoms with Crippen LogP contribution < -0.4 is 0 Å². The molecule has 0 N–H and O–H groups in total. The summed E-state index contributed by atoms with van der Waals surface area (Å²) in [6, 6.07) is 0.670. The van der Waals surface area contributed by atoms with Crippen LogP contribution in [0.4, 0.5) is 0 Å². The number of rotatable bonds is 3. The number of sulfonamides is 1. The Morgan fingerprint density at radius 1 is 1.25 bits per heavy atom. The van der Waals surface area contributed by atoms with Crippen LogP contribution in [0.25, 0.3) is 0 Å². The molecule has 0 saturated carbocycles. The second-order valence-electron chi connectivity index (χ2n) is 4.82. The maximum atomic E-state index is 12.0. The average Bonchev–Trinajstić information content (AvgIpc) is 2.74. The molecule has 2 aliphatic heterocycles. The minimum atomic E-state index is -3.01. The van der Waals surface area contributed by atoms with Crippen LogP contribution in [-0.4, -0.2) is 55.1 Å². The lowest BCUT2D eigenvalue weighted by Crippen LogP contribution is -2.57. The Bertz CT molecular complexity index is 342. The van der Waals surface area contributed by atoms with E-state index in [-0.39, 0.29) is 11.8 Å². The molecule has 0 aromatic rings. The first-order valence-corrected chi connectivity index (χ1v) is 7.93. The largest absolute Gasteiger partial charge is 0.297 e. The summed E-state index contributed by atoms with van der Waals surface area (Å²) in [5, 5.41) is 0. The fraction of sp³-hybridized carbons (Fsp3) is 1.00. The molecule has 0 amide bonds. The first kappa shape index (κ1) is 12.3. The van der Waals surface area contributed by atoms with Gasteiger partial charge in [0.25, 0.3) is 0 Å².